The lowest BCUT2D eigenvalue weighted by molar-refractivity contribution is 0.866. The Morgan fingerprint density at radius 3 is 2.60 bits per heavy atom. The van der Waals surface area contributed by atoms with Gasteiger partial charge in [0.15, 0.2) is 0 Å². The third-order valence-electron chi connectivity index (χ3n) is 2.54. The molecule has 0 aliphatic carbocycles. The van der Waals surface area contributed by atoms with Gasteiger partial charge in [-0.05, 0) is 36.5 Å². The Kier molecular flexibility index (Phi) is 3.42. The minimum Gasteiger partial charge on any atom is -0.255 e. The second-order valence-electron chi connectivity index (χ2n) is 3.88. The predicted molar refractivity (Wildman–Crippen MR) is 77.9 cm³/mol. The monoisotopic (exact) mass is 282 g/mol. The molecule has 20 heavy (non-hydrogen) atoms. The highest BCUT2D eigenvalue weighted by molar-refractivity contribution is 7.71. The van der Waals surface area contributed by atoms with Gasteiger partial charge < -0.3 is 0 Å². The van der Waals surface area contributed by atoms with Gasteiger partial charge in [-0.3, -0.25) is 9.97 Å². The molecule has 0 aliphatic heterocycles. The smallest absolute Gasteiger partial charge is 0.216 e. The van der Waals surface area contributed by atoms with E-state index >= 15 is 0 Å². The largest absolute Gasteiger partial charge is 0.255 e. The molecule has 0 spiro atoms. The van der Waals surface area contributed by atoms with Crippen molar-refractivity contribution in [1.82, 2.24) is 24.8 Å². The maximum atomic E-state index is 5.17. The fourth-order valence-corrected chi connectivity index (χ4v) is 1.81. The topological polar surface area (TPSA) is 71.8 Å². The molecule has 0 amide bonds. The lowest BCUT2D eigenvalue weighted by atomic mass is 10.3. The van der Waals surface area contributed by atoms with Crippen LogP contribution in [0.4, 0.5) is 0 Å². The van der Waals surface area contributed by atoms with Crippen molar-refractivity contribution in [2.45, 2.75) is 0 Å². The number of aromatic amines is 1. The summed E-state index contributed by atoms with van der Waals surface area (Å²) in [5, 5.41) is 11.2. The molecule has 0 aromatic carbocycles. The first kappa shape index (κ1) is 12.4. The average molecular weight is 282 g/mol. The molecule has 7 heteroatoms. The Morgan fingerprint density at radius 2 is 1.90 bits per heavy atom. The van der Waals surface area contributed by atoms with Crippen LogP contribution < -0.4 is 0 Å². The van der Waals surface area contributed by atoms with Crippen LogP contribution in [-0.2, 0) is 0 Å². The number of aromatic nitrogens is 5. The predicted octanol–water partition coefficient (Wildman–Crippen LogP) is 2.28. The Balaban J connectivity index is 2.01. The Labute approximate surface area is 119 Å². The summed E-state index contributed by atoms with van der Waals surface area (Å²) >= 11 is 5.17. The lowest BCUT2D eigenvalue weighted by Gasteiger charge is -1.99. The first-order chi connectivity index (χ1) is 9.84. The van der Waals surface area contributed by atoms with Crippen molar-refractivity contribution in [3.63, 3.8) is 0 Å². The molecule has 98 valence electrons. The third-order valence-corrected chi connectivity index (χ3v) is 2.80. The van der Waals surface area contributed by atoms with Crippen LogP contribution in [0.3, 0.4) is 0 Å². The van der Waals surface area contributed by atoms with E-state index in [0.717, 1.165) is 5.69 Å². The second kappa shape index (κ2) is 5.54. The molecular weight excluding hydrogens is 272 g/mol. The van der Waals surface area contributed by atoms with Gasteiger partial charge in [-0.2, -0.15) is 14.9 Å². The Morgan fingerprint density at radius 1 is 1.10 bits per heavy atom. The quantitative estimate of drug-likeness (QED) is 0.591. The fraction of sp³-hybridized carbons (Fsp3) is 0. The van der Waals surface area contributed by atoms with Gasteiger partial charge in [0.05, 0.1) is 11.9 Å². The zero-order chi connectivity index (χ0) is 13.8. The molecule has 0 saturated carbocycles. The number of hydrogen-bond donors (Lipinski definition) is 1. The zero-order valence-corrected chi connectivity index (χ0v) is 11.2. The highest BCUT2D eigenvalue weighted by atomic mass is 32.1. The second-order valence-corrected chi connectivity index (χ2v) is 4.27. The highest BCUT2D eigenvalue weighted by Gasteiger charge is 2.08. The minimum absolute atomic E-state index is 0.401. The molecule has 3 aromatic heterocycles. The molecule has 0 atom stereocenters. The number of rotatable bonds is 3. The van der Waals surface area contributed by atoms with E-state index in [-0.39, 0.29) is 0 Å². The summed E-state index contributed by atoms with van der Waals surface area (Å²) in [5.41, 5.74) is 1.43. The summed E-state index contributed by atoms with van der Waals surface area (Å²) in [6.07, 6.45) is 5.02. The average Bonchev–Trinajstić information content (AvgIpc) is 2.88. The van der Waals surface area contributed by atoms with E-state index in [9.17, 15) is 0 Å². The van der Waals surface area contributed by atoms with Crippen LogP contribution in [0.2, 0.25) is 0 Å². The Bertz CT molecular complexity index is 775. The zero-order valence-electron chi connectivity index (χ0n) is 10.3. The summed E-state index contributed by atoms with van der Waals surface area (Å²) in [7, 11) is 0. The van der Waals surface area contributed by atoms with Gasteiger partial charge in [-0.1, -0.05) is 12.1 Å². The van der Waals surface area contributed by atoms with Crippen LogP contribution in [0, 0.1) is 4.77 Å². The van der Waals surface area contributed by atoms with Gasteiger partial charge in [0.1, 0.15) is 5.69 Å². The first-order valence-electron chi connectivity index (χ1n) is 5.89. The maximum Gasteiger partial charge on any atom is 0.216 e. The SMILES string of the molecule is S=c1[nH]nc(-c2ccccn2)n1N=Cc1ccccn1. The van der Waals surface area contributed by atoms with E-state index in [1.165, 1.54) is 4.68 Å². The summed E-state index contributed by atoms with van der Waals surface area (Å²) in [4.78, 5) is 8.41. The van der Waals surface area contributed by atoms with Crippen LogP contribution >= 0.6 is 12.2 Å². The molecule has 0 fully saturated rings. The van der Waals surface area contributed by atoms with Crippen LogP contribution in [0.5, 0.6) is 0 Å². The van der Waals surface area contributed by atoms with Crippen LogP contribution in [0.15, 0.2) is 53.9 Å². The van der Waals surface area contributed by atoms with Gasteiger partial charge in [0.2, 0.25) is 10.6 Å². The summed E-state index contributed by atoms with van der Waals surface area (Å²) in [5.74, 6) is 0.558. The molecule has 3 rings (SSSR count). The van der Waals surface area contributed by atoms with Crippen molar-refractivity contribution in [3.8, 4) is 11.5 Å². The van der Waals surface area contributed by atoms with E-state index in [4.69, 9.17) is 12.2 Å². The van der Waals surface area contributed by atoms with Gasteiger partial charge in [-0.25, -0.2) is 5.10 Å². The molecule has 3 aromatic rings. The van der Waals surface area contributed by atoms with E-state index in [2.05, 4.69) is 25.3 Å². The molecule has 0 aliphatic rings. The molecular formula is C13H10N6S. The maximum absolute atomic E-state index is 5.17. The van der Waals surface area contributed by atoms with Crippen LogP contribution in [0.1, 0.15) is 5.69 Å². The van der Waals surface area contributed by atoms with Gasteiger partial charge in [0, 0.05) is 12.4 Å². The fourth-order valence-electron chi connectivity index (χ4n) is 1.63. The molecule has 0 bridgehead atoms. The first-order valence-corrected chi connectivity index (χ1v) is 6.29. The van der Waals surface area contributed by atoms with Crippen molar-refractivity contribution in [1.29, 1.82) is 0 Å². The van der Waals surface area contributed by atoms with E-state index in [1.807, 2.05) is 36.4 Å². The van der Waals surface area contributed by atoms with Crippen LogP contribution in [-0.4, -0.2) is 31.1 Å². The third kappa shape index (κ3) is 2.52. The van der Waals surface area contributed by atoms with Crippen molar-refractivity contribution in [2.24, 2.45) is 5.10 Å². The van der Waals surface area contributed by atoms with Crippen LogP contribution in [0.25, 0.3) is 11.5 Å². The highest BCUT2D eigenvalue weighted by Crippen LogP contribution is 2.13. The van der Waals surface area contributed by atoms with E-state index in [0.29, 0.717) is 16.3 Å². The lowest BCUT2D eigenvalue weighted by Crippen LogP contribution is -1.97. The normalized spacial score (nSPS) is 11.0. The number of nitrogens with zero attached hydrogens (tertiary/aromatic N) is 5. The summed E-state index contributed by atoms with van der Waals surface area (Å²) in [6, 6.07) is 11.2. The van der Waals surface area contributed by atoms with Crippen molar-refractivity contribution in [3.05, 3.63) is 59.3 Å². The molecule has 0 saturated heterocycles. The molecule has 3 heterocycles. The molecule has 6 nitrogen and oxygen atoms in total. The van der Waals surface area contributed by atoms with Gasteiger partial charge in [-0.15, -0.1) is 0 Å². The van der Waals surface area contributed by atoms with Crippen molar-refractivity contribution in [2.75, 3.05) is 0 Å². The number of nitrogens with one attached hydrogen (secondary N) is 1. The summed E-state index contributed by atoms with van der Waals surface area (Å²) < 4.78 is 1.92. The van der Waals surface area contributed by atoms with Gasteiger partial charge >= 0.3 is 0 Å². The van der Waals surface area contributed by atoms with Crippen molar-refractivity contribution >= 4 is 18.4 Å². The van der Waals surface area contributed by atoms with Crippen molar-refractivity contribution < 1.29 is 0 Å². The van der Waals surface area contributed by atoms with E-state index in [1.54, 1.807) is 18.6 Å². The number of hydrogen-bond acceptors (Lipinski definition) is 5. The molecule has 0 unspecified atom stereocenters. The standard InChI is InChI=1S/C13H10N6S/c20-13-18-17-12(11-6-2-4-8-15-11)19(13)16-9-10-5-1-3-7-14-10/h1-9H,(H,18,20). The number of H-pyrrole nitrogens is 1. The summed E-state index contributed by atoms with van der Waals surface area (Å²) in [6.45, 7) is 0. The van der Waals surface area contributed by atoms with E-state index < -0.39 is 0 Å². The molecule has 1 N–H and O–H groups in total. The Hall–Kier alpha value is -2.67. The number of pyridine rings is 2. The minimum atomic E-state index is 0.401. The molecule has 0 radical (unpaired) electrons. The van der Waals surface area contributed by atoms with Gasteiger partial charge in [0.25, 0.3) is 0 Å².